The molecule has 90 valence electrons. The molecule has 0 radical (unpaired) electrons. The van der Waals surface area contributed by atoms with Crippen LogP contribution < -0.4 is 11.1 Å². The Labute approximate surface area is 94.2 Å². The van der Waals surface area contributed by atoms with Crippen LogP contribution in [0, 0.1) is 11.7 Å². The smallest absolute Gasteiger partial charge is 0.222 e. The molecule has 0 saturated carbocycles. The van der Waals surface area contributed by atoms with Gasteiger partial charge in [-0.15, -0.1) is 0 Å². The van der Waals surface area contributed by atoms with Gasteiger partial charge >= 0.3 is 0 Å². The molecule has 0 bridgehead atoms. The number of anilines is 2. The zero-order valence-corrected chi connectivity index (χ0v) is 9.53. The first-order valence-electron chi connectivity index (χ1n) is 5.19. The second kappa shape index (κ2) is 6.22. The molecule has 1 heterocycles. The van der Waals surface area contributed by atoms with Crippen LogP contribution in [0.1, 0.15) is 13.8 Å². The zero-order valence-electron chi connectivity index (χ0n) is 9.53. The number of nitrogens with zero attached hydrogens (tertiary/aromatic N) is 2. The van der Waals surface area contributed by atoms with Crippen molar-refractivity contribution in [2.45, 2.75) is 13.8 Å². The van der Waals surface area contributed by atoms with Crippen LogP contribution >= 0.6 is 0 Å². The molecule has 1 aromatic heterocycles. The van der Waals surface area contributed by atoms with Gasteiger partial charge in [0, 0.05) is 13.2 Å². The molecule has 0 aliphatic carbocycles. The SMILES string of the molecule is CC(C)COCCNc1nc(N)ncc1F. The lowest BCUT2D eigenvalue weighted by atomic mass is 10.2. The summed E-state index contributed by atoms with van der Waals surface area (Å²) < 4.78 is 18.5. The summed E-state index contributed by atoms with van der Waals surface area (Å²) in [5.74, 6) is 0.136. The molecule has 0 fully saturated rings. The summed E-state index contributed by atoms with van der Waals surface area (Å²) >= 11 is 0. The first-order chi connectivity index (χ1) is 7.59. The summed E-state index contributed by atoms with van der Waals surface area (Å²) in [5, 5.41) is 2.80. The van der Waals surface area contributed by atoms with E-state index < -0.39 is 5.82 Å². The molecule has 0 aliphatic heterocycles. The summed E-state index contributed by atoms with van der Waals surface area (Å²) in [6.45, 7) is 5.81. The number of hydrogen-bond donors (Lipinski definition) is 2. The number of halogens is 1. The molecule has 16 heavy (non-hydrogen) atoms. The largest absolute Gasteiger partial charge is 0.379 e. The van der Waals surface area contributed by atoms with E-state index in [9.17, 15) is 4.39 Å². The lowest BCUT2D eigenvalue weighted by molar-refractivity contribution is 0.118. The summed E-state index contributed by atoms with van der Waals surface area (Å²) in [5.41, 5.74) is 5.34. The normalized spacial score (nSPS) is 10.8. The van der Waals surface area contributed by atoms with E-state index in [1.165, 1.54) is 0 Å². The third-order valence-corrected chi connectivity index (χ3v) is 1.75. The highest BCUT2D eigenvalue weighted by molar-refractivity contribution is 5.38. The second-order valence-corrected chi connectivity index (χ2v) is 3.82. The van der Waals surface area contributed by atoms with Gasteiger partial charge in [-0.1, -0.05) is 13.8 Å². The molecule has 0 saturated heterocycles. The molecule has 0 aromatic carbocycles. The lowest BCUT2D eigenvalue weighted by Crippen LogP contribution is -2.14. The van der Waals surface area contributed by atoms with E-state index in [0.717, 1.165) is 6.20 Å². The quantitative estimate of drug-likeness (QED) is 0.717. The maximum absolute atomic E-state index is 13.1. The zero-order chi connectivity index (χ0) is 12.0. The Morgan fingerprint density at radius 1 is 1.56 bits per heavy atom. The predicted molar refractivity (Wildman–Crippen MR) is 60.5 cm³/mol. The van der Waals surface area contributed by atoms with Crippen molar-refractivity contribution in [3.05, 3.63) is 12.0 Å². The molecule has 5 nitrogen and oxygen atoms in total. The number of rotatable bonds is 6. The Kier molecular flexibility index (Phi) is 4.91. The molecule has 1 aromatic rings. The minimum absolute atomic E-state index is 0.0481. The number of hydrogen-bond acceptors (Lipinski definition) is 5. The molecule has 0 aliphatic rings. The Balaban J connectivity index is 2.29. The fourth-order valence-corrected chi connectivity index (χ4v) is 1.07. The highest BCUT2D eigenvalue weighted by Crippen LogP contribution is 2.09. The van der Waals surface area contributed by atoms with Gasteiger partial charge in [0.25, 0.3) is 0 Å². The maximum atomic E-state index is 13.1. The third-order valence-electron chi connectivity index (χ3n) is 1.75. The van der Waals surface area contributed by atoms with Crippen molar-refractivity contribution in [3.63, 3.8) is 0 Å². The van der Waals surface area contributed by atoms with Crippen LogP contribution in [0.15, 0.2) is 6.20 Å². The van der Waals surface area contributed by atoms with Crippen molar-refractivity contribution < 1.29 is 9.13 Å². The van der Waals surface area contributed by atoms with E-state index in [0.29, 0.717) is 25.7 Å². The molecule has 0 spiro atoms. The number of aromatic nitrogens is 2. The summed E-state index contributed by atoms with van der Waals surface area (Å²) in [7, 11) is 0. The molecule has 3 N–H and O–H groups in total. The molecule has 6 heteroatoms. The first-order valence-corrected chi connectivity index (χ1v) is 5.19. The Hall–Kier alpha value is -1.43. The number of nitrogens with one attached hydrogen (secondary N) is 1. The van der Waals surface area contributed by atoms with Crippen molar-refractivity contribution in [1.82, 2.24) is 9.97 Å². The van der Waals surface area contributed by atoms with E-state index in [1.807, 2.05) is 0 Å². The van der Waals surface area contributed by atoms with Gasteiger partial charge in [0.05, 0.1) is 12.8 Å². The van der Waals surface area contributed by atoms with Crippen LogP contribution in [-0.4, -0.2) is 29.7 Å². The highest BCUT2D eigenvalue weighted by Gasteiger charge is 2.04. The van der Waals surface area contributed by atoms with Crippen molar-refractivity contribution >= 4 is 11.8 Å². The van der Waals surface area contributed by atoms with E-state index in [1.54, 1.807) is 0 Å². The van der Waals surface area contributed by atoms with Crippen LogP contribution in [0.5, 0.6) is 0 Å². The van der Waals surface area contributed by atoms with E-state index in [-0.39, 0.29) is 11.8 Å². The topological polar surface area (TPSA) is 73.1 Å². The van der Waals surface area contributed by atoms with Gasteiger partial charge in [-0.3, -0.25) is 0 Å². The van der Waals surface area contributed by atoms with Gasteiger partial charge < -0.3 is 15.8 Å². The van der Waals surface area contributed by atoms with Gasteiger partial charge in [-0.2, -0.15) is 4.98 Å². The molecule has 0 unspecified atom stereocenters. The van der Waals surface area contributed by atoms with Gasteiger partial charge in [0.1, 0.15) is 0 Å². The van der Waals surface area contributed by atoms with Crippen LogP contribution in [0.2, 0.25) is 0 Å². The van der Waals surface area contributed by atoms with E-state index >= 15 is 0 Å². The summed E-state index contributed by atoms with van der Waals surface area (Å²) in [6.07, 6.45) is 1.04. The Morgan fingerprint density at radius 3 is 3.00 bits per heavy atom. The lowest BCUT2D eigenvalue weighted by Gasteiger charge is -2.08. The minimum Gasteiger partial charge on any atom is -0.379 e. The van der Waals surface area contributed by atoms with Crippen LogP contribution in [0.25, 0.3) is 0 Å². The Morgan fingerprint density at radius 2 is 2.31 bits per heavy atom. The van der Waals surface area contributed by atoms with Crippen molar-refractivity contribution in [1.29, 1.82) is 0 Å². The van der Waals surface area contributed by atoms with E-state index in [2.05, 4.69) is 29.1 Å². The molecule has 1 rings (SSSR count). The van der Waals surface area contributed by atoms with Gasteiger partial charge in [-0.05, 0) is 5.92 Å². The van der Waals surface area contributed by atoms with Crippen LogP contribution in [0.3, 0.4) is 0 Å². The molecule has 0 atom stereocenters. The molecular weight excluding hydrogens is 211 g/mol. The monoisotopic (exact) mass is 228 g/mol. The van der Waals surface area contributed by atoms with Crippen molar-refractivity contribution in [2.75, 3.05) is 30.8 Å². The van der Waals surface area contributed by atoms with Crippen molar-refractivity contribution in [3.8, 4) is 0 Å². The summed E-state index contributed by atoms with van der Waals surface area (Å²) in [6, 6.07) is 0. The second-order valence-electron chi connectivity index (χ2n) is 3.82. The van der Waals surface area contributed by atoms with Crippen LogP contribution in [0.4, 0.5) is 16.2 Å². The highest BCUT2D eigenvalue weighted by atomic mass is 19.1. The van der Waals surface area contributed by atoms with Gasteiger partial charge in [0.2, 0.25) is 5.95 Å². The van der Waals surface area contributed by atoms with Gasteiger partial charge in [-0.25, -0.2) is 9.37 Å². The fourth-order valence-electron chi connectivity index (χ4n) is 1.07. The number of nitrogens with two attached hydrogens (primary N) is 1. The van der Waals surface area contributed by atoms with Crippen LogP contribution in [-0.2, 0) is 4.74 Å². The standard InChI is InChI=1S/C10H17FN4O/c1-7(2)6-16-4-3-13-9-8(11)5-14-10(12)15-9/h5,7H,3-4,6H2,1-2H3,(H3,12,13,14,15). The third kappa shape index (κ3) is 4.39. The van der Waals surface area contributed by atoms with E-state index in [4.69, 9.17) is 10.5 Å². The van der Waals surface area contributed by atoms with Crippen molar-refractivity contribution in [2.24, 2.45) is 5.92 Å². The predicted octanol–water partition coefficient (Wildman–Crippen LogP) is 1.28. The molecule has 0 amide bonds. The maximum Gasteiger partial charge on any atom is 0.222 e. The van der Waals surface area contributed by atoms with Gasteiger partial charge in [0.15, 0.2) is 11.6 Å². The fraction of sp³-hybridized carbons (Fsp3) is 0.600. The number of ether oxygens (including phenoxy) is 1. The summed E-state index contributed by atoms with van der Waals surface area (Å²) in [4.78, 5) is 7.26. The number of nitrogen functional groups attached to an aromatic ring is 1. The average Bonchev–Trinajstić information content (AvgIpc) is 2.22. The average molecular weight is 228 g/mol. The Bertz CT molecular complexity index is 333. The minimum atomic E-state index is -0.516. The molecular formula is C10H17FN4O. The first kappa shape index (κ1) is 12.6.